The Morgan fingerprint density at radius 3 is 2.36 bits per heavy atom. The summed E-state index contributed by atoms with van der Waals surface area (Å²) in [5, 5.41) is 11.1. The van der Waals surface area contributed by atoms with Crippen LogP contribution in [0.2, 0.25) is 0 Å². The number of nitrogens with zero attached hydrogens (tertiary/aromatic N) is 2. The normalized spacial score (nSPS) is 14.2. The van der Waals surface area contributed by atoms with E-state index in [0.717, 1.165) is 5.01 Å². The van der Waals surface area contributed by atoms with E-state index >= 15 is 0 Å². The van der Waals surface area contributed by atoms with Gasteiger partial charge in [0.15, 0.2) is 17.3 Å². The molecule has 4 rings (SSSR count). The third kappa shape index (κ3) is 4.40. The number of carbonyl (C=O) groups excluding carboxylic acids is 2. The summed E-state index contributed by atoms with van der Waals surface area (Å²) in [5.41, 5.74) is 4.03. The molecule has 0 spiro atoms. The first-order chi connectivity index (χ1) is 16.0. The fourth-order valence-corrected chi connectivity index (χ4v) is 3.33. The maximum Gasteiger partial charge on any atom is 0.297 e. The van der Waals surface area contributed by atoms with Crippen LogP contribution in [-0.4, -0.2) is 42.0 Å². The van der Waals surface area contributed by atoms with Crippen LogP contribution in [0.4, 0.5) is 0 Å². The highest BCUT2D eigenvalue weighted by Crippen LogP contribution is 2.29. The smallest absolute Gasteiger partial charge is 0.297 e. The predicted octanol–water partition coefficient (Wildman–Crippen LogP) is 3.38. The zero-order chi connectivity index (χ0) is 23.4. The second kappa shape index (κ2) is 9.27. The molecule has 1 aliphatic rings. The number of phenols is 1. The Hall–Kier alpha value is -4.59. The van der Waals surface area contributed by atoms with E-state index in [0.29, 0.717) is 22.6 Å². The Bertz CT molecular complexity index is 1270. The molecule has 0 aromatic heterocycles. The average Bonchev–Trinajstić information content (AvgIpc) is 3.14. The van der Waals surface area contributed by atoms with Gasteiger partial charge in [-0.15, -0.1) is 0 Å². The van der Waals surface area contributed by atoms with Gasteiger partial charge in [0.25, 0.3) is 11.8 Å². The number of methoxy groups -OCH3 is 2. The molecular formula is C25H21N3O5. The number of carbonyl (C=O) groups is 2. The lowest BCUT2D eigenvalue weighted by Crippen LogP contribution is -2.47. The maximum absolute atomic E-state index is 13.2. The Morgan fingerprint density at radius 2 is 1.67 bits per heavy atom. The Morgan fingerprint density at radius 1 is 0.970 bits per heavy atom. The molecule has 33 heavy (non-hydrogen) atoms. The van der Waals surface area contributed by atoms with Gasteiger partial charge < -0.3 is 14.6 Å². The summed E-state index contributed by atoms with van der Waals surface area (Å²) >= 11 is 0. The minimum Gasteiger partial charge on any atom is -0.507 e. The van der Waals surface area contributed by atoms with Crippen LogP contribution in [0.15, 0.2) is 83.5 Å². The number of hydrogen-bond acceptors (Lipinski definition) is 6. The van der Waals surface area contributed by atoms with Crippen molar-refractivity contribution >= 4 is 23.7 Å². The van der Waals surface area contributed by atoms with Gasteiger partial charge in [-0.2, -0.15) is 5.01 Å². The quantitative estimate of drug-likeness (QED) is 0.569. The fourth-order valence-electron chi connectivity index (χ4n) is 3.33. The van der Waals surface area contributed by atoms with Crippen LogP contribution in [0, 0.1) is 0 Å². The molecule has 2 amide bonds. The maximum atomic E-state index is 13.2. The number of rotatable bonds is 6. The van der Waals surface area contributed by atoms with Crippen LogP contribution < -0.4 is 14.9 Å². The summed E-state index contributed by atoms with van der Waals surface area (Å²) in [7, 11) is 3.06. The molecule has 2 N–H and O–H groups in total. The van der Waals surface area contributed by atoms with Gasteiger partial charge in [-0.05, 0) is 35.9 Å². The van der Waals surface area contributed by atoms with Gasteiger partial charge >= 0.3 is 0 Å². The Labute approximate surface area is 190 Å². The summed E-state index contributed by atoms with van der Waals surface area (Å²) < 4.78 is 10.6. The van der Waals surface area contributed by atoms with E-state index in [1.807, 2.05) is 6.07 Å². The number of nitrogens with one attached hydrogen (secondary N) is 1. The lowest BCUT2D eigenvalue weighted by atomic mass is 10.1. The molecule has 3 aromatic carbocycles. The second-order valence-electron chi connectivity index (χ2n) is 7.04. The number of ether oxygens (including phenoxy) is 2. The van der Waals surface area contributed by atoms with Crippen molar-refractivity contribution in [1.82, 2.24) is 10.4 Å². The SMILES string of the molecule is COc1ccc(C=C2N=C(c3ccccc3)N(NC(=O)c3ccccc3O)C2=O)cc1OC. The Balaban J connectivity index is 1.71. The molecule has 166 valence electrons. The molecule has 1 heterocycles. The number of aromatic hydroxyl groups is 1. The number of amidine groups is 1. The number of benzene rings is 3. The van der Waals surface area contributed by atoms with E-state index in [1.165, 1.54) is 26.4 Å². The van der Waals surface area contributed by atoms with Crippen molar-refractivity contribution in [3.05, 3.63) is 95.2 Å². The molecule has 0 atom stereocenters. The van der Waals surface area contributed by atoms with Crippen LogP contribution in [-0.2, 0) is 4.79 Å². The van der Waals surface area contributed by atoms with E-state index in [2.05, 4.69) is 10.4 Å². The van der Waals surface area contributed by atoms with Crippen molar-refractivity contribution in [3.63, 3.8) is 0 Å². The molecule has 0 saturated heterocycles. The molecule has 0 bridgehead atoms. The average molecular weight is 443 g/mol. The summed E-state index contributed by atoms with van der Waals surface area (Å²) in [4.78, 5) is 30.5. The third-order valence-corrected chi connectivity index (χ3v) is 4.97. The van der Waals surface area contributed by atoms with E-state index in [4.69, 9.17) is 9.47 Å². The zero-order valence-electron chi connectivity index (χ0n) is 18.0. The number of amides is 2. The molecule has 1 aliphatic heterocycles. The molecule has 0 fully saturated rings. The second-order valence-corrected chi connectivity index (χ2v) is 7.04. The lowest BCUT2D eigenvalue weighted by molar-refractivity contribution is -0.124. The summed E-state index contributed by atoms with van der Waals surface area (Å²) in [6.07, 6.45) is 1.60. The van der Waals surface area contributed by atoms with Crippen LogP contribution in [0.1, 0.15) is 21.5 Å². The number of aliphatic imine (C=N–C) groups is 1. The summed E-state index contributed by atoms with van der Waals surface area (Å²) in [6, 6.07) is 20.3. The number of hydrogen-bond donors (Lipinski definition) is 2. The zero-order valence-corrected chi connectivity index (χ0v) is 18.0. The van der Waals surface area contributed by atoms with Crippen LogP contribution in [0.5, 0.6) is 17.2 Å². The number of phenolic OH excluding ortho intramolecular Hbond substituents is 1. The van der Waals surface area contributed by atoms with Gasteiger partial charge in [0.05, 0.1) is 19.8 Å². The highest BCUT2D eigenvalue weighted by atomic mass is 16.5. The van der Waals surface area contributed by atoms with E-state index < -0.39 is 11.8 Å². The van der Waals surface area contributed by atoms with E-state index in [9.17, 15) is 14.7 Å². The molecule has 0 saturated carbocycles. The van der Waals surface area contributed by atoms with Gasteiger partial charge in [0.2, 0.25) is 0 Å². The largest absolute Gasteiger partial charge is 0.507 e. The lowest BCUT2D eigenvalue weighted by Gasteiger charge is -2.19. The van der Waals surface area contributed by atoms with Crippen molar-refractivity contribution < 1.29 is 24.2 Å². The molecule has 3 aromatic rings. The first kappa shape index (κ1) is 21.6. The third-order valence-electron chi connectivity index (χ3n) is 4.97. The minimum absolute atomic E-state index is 0.0371. The monoisotopic (exact) mass is 443 g/mol. The molecule has 0 aliphatic carbocycles. The molecule has 8 heteroatoms. The number of hydrazine groups is 1. The summed E-state index contributed by atoms with van der Waals surface area (Å²) in [6.45, 7) is 0. The van der Waals surface area contributed by atoms with Crippen LogP contribution >= 0.6 is 0 Å². The van der Waals surface area contributed by atoms with Crippen molar-refractivity contribution in [2.45, 2.75) is 0 Å². The molecule has 0 radical (unpaired) electrons. The van der Waals surface area contributed by atoms with Gasteiger partial charge in [-0.1, -0.05) is 48.5 Å². The van der Waals surface area contributed by atoms with E-state index in [-0.39, 0.29) is 22.8 Å². The van der Waals surface area contributed by atoms with Crippen molar-refractivity contribution in [2.75, 3.05) is 14.2 Å². The minimum atomic E-state index is -0.641. The van der Waals surface area contributed by atoms with Gasteiger partial charge in [-0.25, -0.2) is 4.99 Å². The highest BCUT2D eigenvalue weighted by Gasteiger charge is 2.33. The van der Waals surface area contributed by atoms with Crippen molar-refractivity contribution in [2.24, 2.45) is 4.99 Å². The fraction of sp³-hybridized carbons (Fsp3) is 0.0800. The first-order valence-corrected chi connectivity index (χ1v) is 10.0. The molecule has 8 nitrogen and oxygen atoms in total. The van der Waals surface area contributed by atoms with Gasteiger partial charge in [0, 0.05) is 5.56 Å². The van der Waals surface area contributed by atoms with E-state index in [1.54, 1.807) is 60.7 Å². The highest BCUT2D eigenvalue weighted by molar-refractivity contribution is 6.20. The standard InChI is InChI=1S/C25H21N3O5/c1-32-21-13-12-16(15-22(21)33-2)14-19-25(31)28(23(26-19)17-8-4-3-5-9-17)27-24(30)18-10-6-7-11-20(18)29/h3-15,29H,1-2H3,(H,27,30). The topological polar surface area (TPSA) is 100 Å². The van der Waals surface area contributed by atoms with Crippen LogP contribution in [0.3, 0.4) is 0 Å². The Kier molecular flexibility index (Phi) is 6.08. The first-order valence-electron chi connectivity index (χ1n) is 10.0. The van der Waals surface area contributed by atoms with Gasteiger partial charge in [0.1, 0.15) is 11.4 Å². The van der Waals surface area contributed by atoms with Crippen molar-refractivity contribution in [1.29, 1.82) is 0 Å². The summed E-state index contributed by atoms with van der Waals surface area (Å²) in [5.74, 6) is -0.0291. The number of para-hydroxylation sites is 1. The molecule has 0 unspecified atom stereocenters. The van der Waals surface area contributed by atoms with Gasteiger partial charge in [-0.3, -0.25) is 15.0 Å². The predicted molar refractivity (Wildman–Crippen MR) is 123 cm³/mol. The van der Waals surface area contributed by atoms with Crippen LogP contribution in [0.25, 0.3) is 6.08 Å². The molecular weight excluding hydrogens is 422 g/mol. The van der Waals surface area contributed by atoms with Crippen molar-refractivity contribution in [3.8, 4) is 17.2 Å².